The number of H-pyrrole nitrogens is 1. The van der Waals surface area contributed by atoms with Gasteiger partial charge in [0.05, 0.1) is 6.33 Å². The molecule has 0 saturated heterocycles. The van der Waals surface area contributed by atoms with E-state index in [1.54, 1.807) is 6.07 Å². The lowest BCUT2D eigenvalue weighted by Crippen LogP contribution is -1.97. The van der Waals surface area contributed by atoms with E-state index in [-0.39, 0.29) is 10.3 Å². The van der Waals surface area contributed by atoms with Crippen molar-refractivity contribution >= 4 is 45.9 Å². The summed E-state index contributed by atoms with van der Waals surface area (Å²) in [4.78, 5) is 14.8. The minimum absolute atomic E-state index is 0.0459. The SMILES string of the molecule is Fc1cc(Cl)cc(Nc2nc(Cl)nc3nc[nH]c23)c1. The van der Waals surface area contributed by atoms with Crippen molar-refractivity contribution in [2.75, 3.05) is 5.32 Å². The normalized spacial score (nSPS) is 10.9. The summed E-state index contributed by atoms with van der Waals surface area (Å²) in [5.41, 5.74) is 1.45. The predicted molar refractivity (Wildman–Crippen MR) is 71.4 cm³/mol. The van der Waals surface area contributed by atoms with Gasteiger partial charge in [0, 0.05) is 10.7 Å². The van der Waals surface area contributed by atoms with Crippen LogP contribution in [0.4, 0.5) is 15.9 Å². The largest absolute Gasteiger partial charge is 0.340 e. The van der Waals surface area contributed by atoms with Crippen LogP contribution in [-0.4, -0.2) is 19.9 Å². The Morgan fingerprint density at radius 3 is 2.79 bits per heavy atom. The van der Waals surface area contributed by atoms with Gasteiger partial charge in [0.15, 0.2) is 11.5 Å². The van der Waals surface area contributed by atoms with Crippen molar-refractivity contribution in [1.29, 1.82) is 0 Å². The number of halogens is 3. The summed E-state index contributed by atoms with van der Waals surface area (Å²) in [6, 6.07) is 4.08. The summed E-state index contributed by atoms with van der Waals surface area (Å²) in [5.74, 6) is -0.0508. The first-order chi connectivity index (χ1) is 9.11. The molecule has 0 aliphatic rings. The van der Waals surface area contributed by atoms with Gasteiger partial charge in [-0.2, -0.15) is 9.97 Å². The van der Waals surface area contributed by atoms with Gasteiger partial charge in [-0.1, -0.05) is 11.6 Å². The van der Waals surface area contributed by atoms with Crippen LogP contribution in [0.5, 0.6) is 0 Å². The first-order valence-corrected chi connectivity index (χ1v) is 5.97. The van der Waals surface area contributed by atoms with E-state index in [1.807, 2.05) is 0 Å². The summed E-state index contributed by atoms with van der Waals surface area (Å²) in [7, 11) is 0. The highest BCUT2D eigenvalue weighted by atomic mass is 35.5. The molecule has 0 bridgehead atoms. The molecular formula is C11H6Cl2FN5. The molecule has 0 amide bonds. The second-order valence-corrected chi connectivity index (χ2v) is 4.50. The average molecular weight is 298 g/mol. The Balaban J connectivity index is 2.07. The monoisotopic (exact) mass is 297 g/mol. The molecule has 3 aromatic rings. The number of imidazole rings is 1. The zero-order valence-electron chi connectivity index (χ0n) is 9.28. The van der Waals surface area contributed by atoms with Crippen LogP contribution in [0.1, 0.15) is 0 Å². The molecule has 0 unspecified atom stereocenters. The lowest BCUT2D eigenvalue weighted by molar-refractivity contribution is 0.628. The number of aromatic nitrogens is 4. The molecule has 1 aromatic carbocycles. The molecule has 2 aromatic heterocycles. The lowest BCUT2D eigenvalue weighted by atomic mass is 10.3. The number of anilines is 2. The minimum atomic E-state index is -0.448. The number of rotatable bonds is 2. The van der Waals surface area contributed by atoms with E-state index < -0.39 is 5.82 Å². The standard InChI is InChI=1S/C11H6Cl2FN5/c12-5-1-6(14)3-7(2-5)17-10-8-9(16-4-15-8)18-11(13)19-10/h1-4H,(H2,15,16,17,18,19). The molecule has 0 saturated carbocycles. The van der Waals surface area contributed by atoms with E-state index in [0.29, 0.717) is 22.7 Å². The molecule has 0 fully saturated rings. The van der Waals surface area contributed by atoms with Crippen LogP contribution < -0.4 is 5.32 Å². The fraction of sp³-hybridized carbons (Fsp3) is 0. The topological polar surface area (TPSA) is 66.5 Å². The highest BCUT2D eigenvalue weighted by Crippen LogP contribution is 2.25. The van der Waals surface area contributed by atoms with Gasteiger partial charge >= 0.3 is 0 Å². The molecule has 0 atom stereocenters. The predicted octanol–water partition coefficient (Wildman–Crippen LogP) is 3.54. The highest BCUT2D eigenvalue weighted by molar-refractivity contribution is 6.31. The molecule has 8 heteroatoms. The number of nitrogens with zero attached hydrogens (tertiary/aromatic N) is 3. The maximum absolute atomic E-state index is 13.3. The average Bonchev–Trinajstić information content (AvgIpc) is 2.75. The fourth-order valence-electron chi connectivity index (χ4n) is 1.66. The first-order valence-electron chi connectivity index (χ1n) is 5.21. The number of fused-ring (bicyclic) bond motifs is 1. The van der Waals surface area contributed by atoms with Crippen molar-refractivity contribution in [3.63, 3.8) is 0 Å². The number of nitrogens with one attached hydrogen (secondary N) is 2. The third-order valence-electron chi connectivity index (χ3n) is 2.38. The van der Waals surface area contributed by atoms with E-state index in [1.165, 1.54) is 18.5 Å². The molecule has 96 valence electrons. The molecule has 0 aliphatic heterocycles. The van der Waals surface area contributed by atoms with E-state index in [4.69, 9.17) is 23.2 Å². The maximum Gasteiger partial charge on any atom is 0.226 e. The smallest absolute Gasteiger partial charge is 0.226 e. The summed E-state index contributed by atoms with van der Waals surface area (Å²) >= 11 is 11.6. The van der Waals surface area contributed by atoms with Crippen molar-refractivity contribution in [3.8, 4) is 0 Å². The molecule has 19 heavy (non-hydrogen) atoms. The van der Waals surface area contributed by atoms with Crippen LogP contribution >= 0.6 is 23.2 Å². The molecule has 3 rings (SSSR count). The van der Waals surface area contributed by atoms with Crippen molar-refractivity contribution in [1.82, 2.24) is 19.9 Å². The van der Waals surface area contributed by atoms with E-state index in [9.17, 15) is 4.39 Å². The van der Waals surface area contributed by atoms with Crippen LogP contribution in [0.2, 0.25) is 10.3 Å². The van der Waals surface area contributed by atoms with Gasteiger partial charge in [0.1, 0.15) is 11.3 Å². The third kappa shape index (κ3) is 2.45. The molecule has 0 radical (unpaired) electrons. The second-order valence-electron chi connectivity index (χ2n) is 3.73. The van der Waals surface area contributed by atoms with Gasteiger partial charge in [0.2, 0.25) is 5.28 Å². The summed E-state index contributed by atoms with van der Waals surface area (Å²) in [6.07, 6.45) is 1.47. The maximum atomic E-state index is 13.3. The molecule has 5 nitrogen and oxygen atoms in total. The zero-order chi connectivity index (χ0) is 13.4. The summed E-state index contributed by atoms with van der Waals surface area (Å²) in [6.45, 7) is 0. The third-order valence-corrected chi connectivity index (χ3v) is 2.77. The fourth-order valence-corrected chi connectivity index (χ4v) is 2.05. The van der Waals surface area contributed by atoms with Gasteiger partial charge in [-0.3, -0.25) is 0 Å². The van der Waals surface area contributed by atoms with Crippen molar-refractivity contribution < 1.29 is 4.39 Å². The highest BCUT2D eigenvalue weighted by Gasteiger charge is 2.09. The Kier molecular flexibility index (Phi) is 2.96. The van der Waals surface area contributed by atoms with E-state index >= 15 is 0 Å². The summed E-state index contributed by atoms with van der Waals surface area (Å²) in [5, 5.41) is 3.25. The van der Waals surface area contributed by atoms with Gasteiger partial charge in [-0.15, -0.1) is 0 Å². The van der Waals surface area contributed by atoms with Crippen molar-refractivity contribution in [2.45, 2.75) is 0 Å². The van der Waals surface area contributed by atoms with Crippen molar-refractivity contribution in [2.24, 2.45) is 0 Å². The number of benzene rings is 1. The number of hydrogen-bond acceptors (Lipinski definition) is 4. The number of aromatic amines is 1. The van der Waals surface area contributed by atoms with Gasteiger partial charge < -0.3 is 10.3 Å². The summed E-state index contributed by atoms with van der Waals surface area (Å²) < 4.78 is 13.3. The Hall–Kier alpha value is -1.92. The van der Waals surface area contributed by atoms with Crippen LogP contribution in [0.15, 0.2) is 24.5 Å². The molecule has 0 aliphatic carbocycles. The van der Waals surface area contributed by atoms with E-state index in [0.717, 1.165) is 0 Å². The second kappa shape index (κ2) is 4.64. The molecular weight excluding hydrogens is 292 g/mol. The van der Waals surface area contributed by atoms with Crippen LogP contribution in [-0.2, 0) is 0 Å². The van der Waals surface area contributed by atoms with Crippen LogP contribution in [0, 0.1) is 5.82 Å². The van der Waals surface area contributed by atoms with Gasteiger partial charge in [0.25, 0.3) is 0 Å². The molecule has 2 heterocycles. The lowest BCUT2D eigenvalue weighted by Gasteiger charge is -2.07. The van der Waals surface area contributed by atoms with E-state index in [2.05, 4.69) is 25.3 Å². The quantitative estimate of drug-likeness (QED) is 0.710. The molecule has 0 spiro atoms. The Morgan fingerprint density at radius 1 is 1.16 bits per heavy atom. The minimum Gasteiger partial charge on any atom is -0.340 e. The Bertz CT molecular complexity index is 738. The van der Waals surface area contributed by atoms with Crippen molar-refractivity contribution in [3.05, 3.63) is 40.6 Å². The van der Waals surface area contributed by atoms with Gasteiger partial charge in [-0.25, -0.2) is 9.37 Å². The zero-order valence-corrected chi connectivity index (χ0v) is 10.8. The Morgan fingerprint density at radius 2 is 2.00 bits per heavy atom. The molecule has 2 N–H and O–H groups in total. The van der Waals surface area contributed by atoms with Crippen LogP contribution in [0.3, 0.4) is 0 Å². The number of hydrogen-bond donors (Lipinski definition) is 2. The first kappa shape index (κ1) is 12.1. The Labute approximate surface area is 116 Å². The van der Waals surface area contributed by atoms with Gasteiger partial charge in [-0.05, 0) is 29.8 Å². The van der Waals surface area contributed by atoms with Crippen LogP contribution in [0.25, 0.3) is 11.2 Å².